The number of rotatable bonds is 5. The summed E-state index contributed by atoms with van der Waals surface area (Å²) in [6, 6.07) is 17.2. The third-order valence-corrected chi connectivity index (χ3v) is 3.03. The first-order valence-corrected chi connectivity index (χ1v) is 6.90. The van der Waals surface area contributed by atoms with E-state index in [0.717, 1.165) is 15.7 Å². The molecule has 2 aromatic rings. The molecule has 0 unspecified atom stereocenters. The van der Waals surface area contributed by atoms with Gasteiger partial charge in [0.2, 0.25) is 0 Å². The smallest absolute Gasteiger partial charge is 0.259 e. The second-order valence-electron chi connectivity index (χ2n) is 4.06. The summed E-state index contributed by atoms with van der Waals surface area (Å²) in [5, 5.41) is 6.91. The SMILES string of the molecule is O=C(CNc1ccccc1)NN=Cc1ccc(Br)cc1. The van der Waals surface area contributed by atoms with Crippen LogP contribution in [0.2, 0.25) is 0 Å². The van der Waals surface area contributed by atoms with E-state index in [1.54, 1.807) is 6.21 Å². The average Bonchev–Trinajstić information content (AvgIpc) is 2.48. The number of hydrogen-bond donors (Lipinski definition) is 2. The van der Waals surface area contributed by atoms with Gasteiger partial charge in [0.15, 0.2) is 0 Å². The van der Waals surface area contributed by atoms with E-state index in [2.05, 4.69) is 31.8 Å². The number of nitrogens with zero attached hydrogens (tertiary/aromatic N) is 1. The Morgan fingerprint density at radius 3 is 2.50 bits per heavy atom. The van der Waals surface area contributed by atoms with E-state index >= 15 is 0 Å². The molecule has 0 saturated carbocycles. The van der Waals surface area contributed by atoms with Crippen LogP contribution in [-0.4, -0.2) is 18.7 Å². The highest BCUT2D eigenvalue weighted by Gasteiger charge is 1.98. The Bertz CT molecular complexity index is 582. The minimum Gasteiger partial charge on any atom is -0.376 e. The quantitative estimate of drug-likeness (QED) is 0.653. The molecule has 0 atom stereocenters. The maximum Gasteiger partial charge on any atom is 0.259 e. The lowest BCUT2D eigenvalue weighted by Gasteiger charge is -2.04. The number of carbonyl (C=O) groups is 1. The number of halogens is 1. The van der Waals surface area contributed by atoms with E-state index in [0.29, 0.717) is 0 Å². The normalized spacial score (nSPS) is 10.4. The summed E-state index contributed by atoms with van der Waals surface area (Å²) in [4.78, 5) is 11.6. The van der Waals surface area contributed by atoms with Gasteiger partial charge in [-0.05, 0) is 29.8 Å². The van der Waals surface area contributed by atoms with Crippen molar-refractivity contribution in [2.45, 2.75) is 0 Å². The van der Waals surface area contributed by atoms with Crippen LogP contribution in [0.25, 0.3) is 0 Å². The van der Waals surface area contributed by atoms with Gasteiger partial charge in [-0.15, -0.1) is 0 Å². The van der Waals surface area contributed by atoms with E-state index in [9.17, 15) is 4.79 Å². The summed E-state index contributed by atoms with van der Waals surface area (Å²) in [5.74, 6) is -0.192. The molecule has 0 aromatic heterocycles. The average molecular weight is 332 g/mol. The van der Waals surface area contributed by atoms with Crippen molar-refractivity contribution in [2.75, 3.05) is 11.9 Å². The third kappa shape index (κ3) is 4.85. The monoisotopic (exact) mass is 331 g/mol. The zero-order valence-electron chi connectivity index (χ0n) is 10.7. The van der Waals surface area contributed by atoms with Crippen molar-refractivity contribution >= 4 is 33.7 Å². The summed E-state index contributed by atoms with van der Waals surface area (Å²) in [5.41, 5.74) is 4.30. The largest absolute Gasteiger partial charge is 0.376 e. The molecule has 0 heterocycles. The van der Waals surface area contributed by atoms with Crippen LogP contribution < -0.4 is 10.7 Å². The van der Waals surface area contributed by atoms with Crippen molar-refractivity contribution in [2.24, 2.45) is 5.10 Å². The van der Waals surface area contributed by atoms with Gasteiger partial charge in [0.1, 0.15) is 0 Å². The molecule has 0 aliphatic heterocycles. The fraction of sp³-hybridized carbons (Fsp3) is 0.0667. The predicted molar refractivity (Wildman–Crippen MR) is 84.8 cm³/mol. The zero-order chi connectivity index (χ0) is 14.2. The number of amides is 1. The molecule has 0 fully saturated rings. The molecule has 5 heteroatoms. The van der Waals surface area contributed by atoms with Gasteiger partial charge in [-0.25, -0.2) is 5.43 Å². The molecule has 2 N–H and O–H groups in total. The summed E-state index contributed by atoms with van der Waals surface area (Å²) in [6.07, 6.45) is 1.60. The van der Waals surface area contributed by atoms with Crippen molar-refractivity contribution in [1.82, 2.24) is 5.43 Å². The maximum atomic E-state index is 11.6. The maximum absolute atomic E-state index is 11.6. The molecule has 4 nitrogen and oxygen atoms in total. The molecule has 0 aliphatic carbocycles. The summed E-state index contributed by atoms with van der Waals surface area (Å²) in [7, 11) is 0. The van der Waals surface area contributed by atoms with Gasteiger partial charge in [-0.3, -0.25) is 4.79 Å². The van der Waals surface area contributed by atoms with Gasteiger partial charge in [-0.1, -0.05) is 46.3 Å². The van der Waals surface area contributed by atoms with Gasteiger partial charge in [-0.2, -0.15) is 5.10 Å². The van der Waals surface area contributed by atoms with E-state index in [1.807, 2.05) is 54.6 Å². The van der Waals surface area contributed by atoms with Crippen molar-refractivity contribution < 1.29 is 4.79 Å². The molecule has 0 saturated heterocycles. The molecule has 0 radical (unpaired) electrons. The lowest BCUT2D eigenvalue weighted by atomic mass is 10.2. The van der Waals surface area contributed by atoms with Crippen LogP contribution in [-0.2, 0) is 4.79 Å². The van der Waals surface area contributed by atoms with E-state index < -0.39 is 0 Å². The minimum atomic E-state index is -0.192. The van der Waals surface area contributed by atoms with Crippen LogP contribution in [0, 0.1) is 0 Å². The van der Waals surface area contributed by atoms with Crippen molar-refractivity contribution in [1.29, 1.82) is 0 Å². The third-order valence-electron chi connectivity index (χ3n) is 2.50. The minimum absolute atomic E-state index is 0.182. The van der Waals surface area contributed by atoms with Crippen LogP contribution in [0.4, 0.5) is 5.69 Å². The molecule has 0 aliphatic rings. The lowest BCUT2D eigenvalue weighted by molar-refractivity contribution is -0.119. The van der Waals surface area contributed by atoms with Crippen LogP contribution in [0.5, 0.6) is 0 Å². The highest BCUT2D eigenvalue weighted by atomic mass is 79.9. The van der Waals surface area contributed by atoms with Crippen LogP contribution in [0.1, 0.15) is 5.56 Å². The number of para-hydroxylation sites is 1. The molecule has 1 amide bonds. The first-order valence-electron chi connectivity index (χ1n) is 6.10. The molecule has 20 heavy (non-hydrogen) atoms. The van der Waals surface area contributed by atoms with Crippen LogP contribution in [0.3, 0.4) is 0 Å². The second-order valence-corrected chi connectivity index (χ2v) is 4.98. The summed E-state index contributed by atoms with van der Waals surface area (Å²) < 4.78 is 1.01. The van der Waals surface area contributed by atoms with Gasteiger partial charge < -0.3 is 5.32 Å². The number of nitrogens with one attached hydrogen (secondary N) is 2. The standard InChI is InChI=1S/C15H14BrN3O/c16-13-8-6-12(7-9-13)10-18-19-15(20)11-17-14-4-2-1-3-5-14/h1-10,17H,11H2,(H,19,20). The number of carbonyl (C=O) groups excluding carboxylic acids is 1. The second kappa shape index (κ2) is 7.45. The molecular weight excluding hydrogens is 318 g/mol. The molecule has 2 rings (SSSR count). The Hall–Kier alpha value is -2.14. The first-order chi connectivity index (χ1) is 9.74. The van der Waals surface area contributed by atoms with Crippen molar-refractivity contribution in [3.05, 3.63) is 64.6 Å². The molecular formula is C15H14BrN3O. The Kier molecular flexibility index (Phi) is 5.32. The highest BCUT2D eigenvalue weighted by molar-refractivity contribution is 9.10. The van der Waals surface area contributed by atoms with Crippen molar-refractivity contribution in [3.8, 4) is 0 Å². The van der Waals surface area contributed by atoms with Gasteiger partial charge in [0.25, 0.3) is 5.91 Å². The fourth-order valence-electron chi connectivity index (χ4n) is 1.51. The fourth-order valence-corrected chi connectivity index (χ4v) is 1.77. The van der Waals surface area contributed by atoms with Crippen LogP contribution >= 0.6 is 15.9 Å². The Morgan fingerprint density at radius 2 is 1.80 bits per heavy atom. The van der Waals surface area contributed by atoms with E-state index in [4.69, 9.17) is 0 Å². The Morgan fingerprint density at radius 1 is 1.10 bits per heavy atom. The summed E-state index contributed by atoms with van der Waals surface area (Å²) in [6.45, 7) is 0.182. The number of hydrazone groups is 1. The Balaban J connectivity index is 1.76. The van der Waals surface area contributed by atoms with Gasteiger partial charge in [0, 0.05) is 10.2 Å². The number of benzene rings is 2. The number of anilines is 1. The predicted octanol–water partition coefficient (Wildman–Crippen LogP) is 3.01. The van der Waals surface area contributed by atoms with E-state index in [1.165, 1.54) is 0 Å². The number of hydrogen-bond acceptors (Lipinski definition) is 3. The highest BCUT2D eigenvalue weighted by Crippen LogP contribution is 2.08. The first kappa shape index (κ1) is 14.3. The molecule has 2 aromatic carbocycles. The molecule has 102 valence electrons. The zero-order valence-corrected chi connectivity index (χ0v) is 12.3. The van der Waals surface area contributed by atoms with Gasteiger partial charge >= 0.3 is 0 Å². The lowest BCUT2D eigenvalue weighted by Crippen LogP contribution is -2.25. The van der Waals surface area contributed by atoms with Crippen LogP contribution in [0.15, 0.2) is 64.2 Å². The Labute approximate surface area is 126 Å². The molecule has 0 bridgehead atoms. The van der Waals surface area contributed by atoms with E-state index in [-0.39, 0.29) is 12.5 Å². The molecule has 0 spiro atoms. The van der Waals surface area contributed by atoms with Gasteiger partial charge in [0.05, 0.1) is 12.8 Å². The topological polar surface area (TPSA) is 53.5 Å². The van der Waals surface area contributed by atoms with Crippen molar-refractivity contribution in [3.63, 3.8) is 0 Å². The summed E-state index contributed by atoms with van der Waals surface area (Å²) >= 11 is 3.36.